The van der Waals surface area contributed by atoms with Crippen molar-refractivity contribution in [2.75, 3.05) is 5.32 Å². The van der Waals surface area contributed by atoms with Gasteiger partial charge in [-0.25, -0.2) is 4.68 Å². The van der Waals surface area contributed by atoms with Crippen molar-refractivity contribution in [3.05, 3.63) is 83.1 Å². The summed E-state index contributed by atoms with van der Waals surface area (Å²) in [6, 6.07) is 12.3. The summed E-state index contributed by atoms with van der Waals surface area (Å²) >= 11 is 0. The number of benzene rings is 1. The average Bonchev–Trinajstić information content (AvgIpc) is 3.21. The van der Waals surface area contributed by atoms with E-state index in [1.165, 1.54) is 17.5 Å². The van der Waals surface area contributed by atoms with E-state index in [9.17, 15) is 4.79 Å². The Labute approximate surface area is 169 Å². The van der Waals surface area contributed by atoms with Crippen molar-refractivity contribution in [2.24, 2.45) is 0 Å². The Morgan fingerprint density at radius 3 is 2.66 bits per heavy atom. The molecule has 2 atom stereocenters. The van der Waals surface area contributed by atoms with Gasteiger partial charge in [0, 0.05) is 30.1 Å². The first-order valence-electron chi connectivity index (χ1n) is 10.0. The van der Waals surface area contributed by atoms with Crippen LogP contribution in [0.4, 0.5) is 5.95 Å². The normalized spacial score (nSPS) is 21.0. The highest BCUT2D eigenvalue weighted by Crippen LogP contribution is 2.43. The molecule has 6 nitrogen and oxygen atoms in total. The largest absolute Gasteiger partial charge is 0.328 e. The molecule has 3 aromatic rings. The first-order valence-corrected chi connectivity index (χ1v) is 10.0. The van der Waals surface area contributed by atoms with Crippen molar-refractivity contribution in [2.45, 2.75) is 44.6 Å². The molecule has 0 saturated carbocycles. The minimum Gasteiger partial charge on any atom is -0.328 e. The Morgan fingerprint density at radius 1 is 1.10 bits per heavy atom. The van der Waals surface area contributed by atoms with Crippen LogP contribution in [0.25, 0.3) is 0 Å². The SMILES string of the molecule is CC(C)c1ccc([C@H]2CC(=O)C3=C(C2)Nc2ncnn2[C@H]3c2cccnc2)cc1. The van der Waals surface area contributed by atoms with E-state index >= 15 is 0 Å². The lowest BCUT2D eigenvalue weighted by Gasteiger charge is -2.35. The summed E-state index contributed by atoms with van der Waals surface area (Å²) in [6.07, 6.45) is 6.35. The molecular formula is C23H23N5O. The van der Waals surface area contributed by atoms with Crippen molar-refractivity contribution in [1.82, 2.24) is 19.7 Å². The predicted molar refractivity (Wildman–Crippen MR) is 111 cm³/mol. The number of aromatic nitrogens is 4. The maximum absolute atomic E-state index is 13.3. The zero-order chi connectivity index (χ0) is 20.0. The highest BCUT2D eigenvalue weighted by atomic mass is 16.1. The van der Waals surface area contributed by atoms with Crippen LogP contribution in [-0.4, -0.2) is 25.5 Å². The van der Waals surface area contributed by atoms with Gasteiger partial charge >= 0.3 is 0 Å². The highest BCUT2D eigenvalue weighted by Gasteiger charge is 2.39. The van der Waals surface area contributed by atoms with E-state index in [1.54, 1.807) is 17.1 Å². The number of hydrogen-bond acceptors (Lipinski definition) is 5. The van der Waals surface area contributed by atoms with Crippen molar-refractivity contribution in [3.63, 3.8) is 0 Å². The highest BCUT2D eigenvalue weighted by molar-refractivity contribution is 6.00. The Bertz CT molecular complexity index is 1080. The zero-order valence-electron chi connectivity index (χ0n) is 16.5. The molecule has 1 N–H and O–H groups in total. The third-order valence-corrected chi connectivity index (χ3v) is 5.94. The summed E-state index contributed by atoms with van der Waals surface area (Å²) in [7, 11) is 0. The number of pyridine rings is 1. The summed E-state index contributed by atoms with van der Waals surface area (Å²) in [5, 5.41) is 7.74. The van der Waals surface area contributed by atoms with E-state index < -0.39 is 0 Å². The number of hydrogen-bond donors (Lipinski definition) is 1. The first kappa shape index (κ1) is 17.8. The van der Waals surface area contributed by atoms with E-state index in [-0.39, 0.29) is 17.7 Å². The summed E-state index contributed by atoms with van der Waals surface area (Å²) < 4.78 is 1.78. The van der Waals surface area contributed by atoms with Crippen molar-refractivity contribution in [1.29, 1.82) is 0 Å². The van der Waals surface area contributed by atoms with Gasteiger partial charge in [-0.15, -0.1) is 0 Å². The lowest BCUT2D eigenvalue weighted by Crippen LogP contribution is -2.33. The molecule has 1 aliphatic heterocycles. The lowest BCUT2D eigenvalue weighted by molar-refractivity contribution is -0.116. The van der Waals surface area contributed by atoms with Gasteiger partial charge in [-0.1, -0.05) is 44.2 Å². The number of rotatable bonds is 3. The number of carbonyl (C=O) groups is 1. The molecule has 2 aliphatic rings. The maximum Gasteiger partial charge on any atom is 0.226 e. The molecular weight excluding hydrogens is 362 g/mol. The van der Waals surface area contributed by atoms with Crippen molar-refractivity contribution >= 4 is 11.7 Å². The molecule has 146 valence electrons. The van der Waals surface area contributed by atoms with Crippen LogP contribution >= 0.6 is 0 Å². The minimum atomic E-state index is -0.283. The fourth-order valence-electron chi connectivity index (χ4n) is 4.39. The number of anilines is 1. The molecule has 0 fully saturated rings. The number of nitrogens with one attached hydrogen (secondary N) is 1. The average molecular weight is 385 g/mol. The molecule has 3 heterocycles. The van der Waals surface area contributed by atoms with Crippen LogP contribution in [0.1, 0.15) is 61.3 Å². The van der Waals surface area contributed by atoms with Gasteiger partial charge in [-0.05, 0) is 41.0 Å². The smallest absolute Gasteiger partial charge is 0.226 e. The number of fused-ring (bicyclic) bond motifs is 1. The monoisotopic (exact) mass is 385 g/mol. The molecule has 0 spiro atoms. The molecule has 2 aromatic heterocycles. The Morgan fingerprint density at radius 2 is 1.93 bits per heavy atom. The molecule has 1 aromatic carbocycles. The number of carbonyl (C=O) groups excluding carboxylic acids is 1. The van der Waals surface area contributed by atoms with Crippen LogP contribution < -0.4 is 5.32 Å². The van der Waals surface area contributed by atoms with Gasteiger partial charge in [0.05, 0.1) is 0 Å². The Kier molecular flexibility index (Phi) is 4.27. The fourth-order valence-corrected chi connectivity index (χ4v) is 4.39. The fraction of sp³-hybridized carbons (Fsp3) is 0.304. The zero-order valence-corrected chi connectivity index (χ0v) is 16.5. The van der Waals surface area contributed by atoms with Gasteiger partial charge in [-0.2, -0.15) is 10.1 Å². The van der Waals surface area contributed by atoms with E-state index in [0.29, 0.717) is 18.3 Å². The molecule has 6 heteroatoms. The molecule has 0 amide bonds. The van der Waals surface area contributed by atoms with Crippen LogP contribution in [-0.2, 0) is 4.79 Å². The standard InChI is InChI=1S/C23H23N5O/c1-14(2)15-5-7-16(8-6-15)18-10-19-21(20(29)11-18)22(17-4-3-9-24-12-17)28-23(27-19)25-13-26-28/h3-9,12-14,18,22H,10-11H2,1-2H3,(H,25,26,27)/t18-,22+/m1/s1. The van der Waals surface area contributed by atoms with E-state index in [2.05, 4.69) is 58.5 Å². The third kappa shape index (κ3) is 3.05. The number of Topliss-reactive ketones (excluding diaryl/α,β-unsaturated/α-hetero) is 1. The molecule has 0 bridgehead atoms. The van der Waals surface area contributed by atoms with Gasteiger partial charge < -0.3 is 5.32 Å². The van der Waals surface area contributed by atoms with Gasteiger partial charge in [0.1, 0.15) is 12.4 Å². The summed E-state index contributed by atoms with van der Waals surface area (Å²) in [5.41, 5.74) is 5.21. The van der Waals surface area contributed by atoms with E-state index in [0.717, 1.165) is 23.3 Å². The number of ketones is 1. The van der Waals surface area contributed by atoms with Crippen LogP contribution in [0.2, 0.25) is 0 Å². The molecule has 1 aliphatic carbocycles. The first-order chi connectivity index (χ1) is 14.1. The van der Waals surface area contributed by atoms with Crippen LogP contribution in [0.3, 0.4) is 0 Å². The topological polar surface area (TPSA) is 72.7 Å². The van der Waals surface area contributed by atoms with Gasteiger partial charge in [0.25, 0.3) is 0 Å². The maximum atomic E-state index is 13.3. The quantitative estimate of drug-likeness (QED) is 0.731. The molecule has 0 radical (unpaired) electrons. The Hall–Kier alpha value is -3.28. The Balaban J connectivity index is 1.53. The second kappa shape index (κ2) is 6.95. The second-order valence-corrected chi connectivity index (χ2v) is 8.08. The number of nitrogens with zero attached hydrogens (tertiary/aromatic N) is 4. The molecule has 0 unspecified atom stereocenters. The van der Waals surface area contributed by atoms with Crippen LogP contribution in [0.5, 0.6) is 0 Å². The van der Waals surface area contributed by atoms with E-state index in [1.807, 2.05) is 12.1 Å². The van der Waals surface area contributed by atoms with Gasteiger partial charge in [-0.3, -0.25) is 9.78 Å². The second-order valence-electron chi connectivity index (χ2n) is 8.08. The van der Waals surface area contributed by atoms with Crippen LogP contribution in [0, 0.1) is 0 Å². The van der Waals surface area contributed by atoms with Gasteiger partial charge in [0.2, 0.25) is 5.95 Å². The van der Waals surface area contributed by atoms with E-state index in [4.69, 9.17) is 0 Å². The molecule has 0 saturated heterocycles. The minimum absolute atomic E-state index is 0.159. The van der Waals surface area contributed by atoms with Crippen molar-refractivity contribution in [3.8, 4) is 0 Å². The summed E-state index contributed by atoms with van der Waals surface area (Å²) in [6.45, 7) is 4.38. The lowest BCUT2D eigenvalue weighted by atomic mass is 9.78. The number of allylic oxidation sites excluding steroid dienone is 2. The predicted octanol–water partition coefficient (Wildman–Crippen LogP) is 4.21. The molecule has 29 heavy (non-hydrogen) atoms. The van der Waals surface area contributed by atoms with Crippen molar-refractivity contribution < 1.29 is 4.79 Å². The van der Waals surface area contributed by atoms with Gasteiger partial charge in [0.15, 0.2) is 5.78 Å². The summed E-state index contributed by atoms with van der Waals surface area (Å²) in [5.74, 6) is 1.49. The van der Waals surface area contributed by atoms with Crippen LogP contribution in [0.15, 0.2) is 66.4 Å². The third-order valence-electron chi connectivity index (χ3n) is 5.94. The summed E-state index contributed by atoms with van der Waals surface area (Å²) in [4.78, 5) is 21.9. The molecule has 5 rings (SSSR count).